The van der Waals surface area contributed by atoms with Crippen LogP contribution in [-0.4, -0.2) is 61.6 Å². The van der Waals surface area contributed by atoms with Gasteiger partial charge in [-0.15, -0.1) is 0 Å². The maximum absolute atomic E-state index is 12.1. The van der Waals surface area contributed by atoms with Gasteiger partial charge in [-0.3, -0.25) is 9.48 Å². The summed E-state index contributed by atoms with van der Waals surface area (Å²) in [5.74, 6) is 0.612. The smallest absolute Gasteiger partial charge is 0.246 e. The van der Waals surface area contributed by atoms with E-state index in [1.54, 1.807) is 26.5 Å². The number of nitrogens with zero attached hydrogens (tertiary/aromatic N) is 5. The molecule has 152 valence electrons. The number of carbonyl (C=O) groups excluding carboxylic acids is 1. The molecular formula is C21H25N5O3. The van der Waals surface area contributed by atoms with Crippen LogP contribution in [0, 0.1) is 0 Å². The third-order valence-corrected chi connectivity index (χ3v) is 4.90. The van der Waals surface area contributed by atoms with E-state index in [0.717, 1.165) is 16.6 Å². The van der Waals surface area contributed by atoms with E-state index in [9.17, 15) is 4.79 Å². The number of ether oxygens (including phenoxy) is 2. The third kappa shape index (κ3) is 4.02. The maximum Gasteiger partial charge on any atom is 0.246 e. The molecule has 4 heterocycles. The van der Waals surface area contributed by atoms with Crippen molar-refractivity contribution < 1.29 is 14.3 Å². The van der Waals surface area contributed by atoms with Crippen molar-refractivity contribution in [2.24, 2.45) is 7.05 Å². The number of amides is 1. The van der Waals surface area contributed by atoms with Crippen LogP contribution in [0.1, 0.15) is 13.8 Å². The van der Waals surface area contributed by atoms with Gasteiger partial charge in [0, 0.05) is 37.1 Å². The molecule has 0 bridgehead atoms. The van der Waals surface area contributed by atoms with Gasteiger partial charge in [-0.2, -0.15) is 10.2 Å². The highest BCUT2D eigenvalue weighted by Crippen LogP contribution is 2.29. The van der Waals surface area contributed by atoms with E-state index in [2.05, 4.69) is 16.8 Å². The van der Waals surface area contributed by atoms with Gasteiger partial charge in [-0.05, 0) is 32.1 Å². The molecule has 1 atom stereocenters. The van der Waals surface area contributed by atoms with Crippen LogP contribution in [0.25, 0.3) is 16.6 Å². The number of fused-ring (bicyclic) bond motifs is 1. The Morgan fingerprint density at radius 2 is 2.21 bits per heavy atom. The summed E-state index contributed by atoms with van der Waals surface area (Å²) in [6, 6.07) is 3.89. The molecule has 1 fully saturated rings. The lowest BCUT2D eigenvalue weighted by molar-refractivity contribution is -0.161. The minimum Gasteiger partial charge on any atom is -0.489 e. The fourth-order valence-corrected chi connectivity index (χ4v) is 3.70. The molecule has 4 rings (SSSR count). The predicted octanol–water partition coefficient (Wildman–Crippen LogP) is 2.31. The quantitative estimate of drug-likeness (QED) is 0.620. The van der Waals surface area contributed by atoms with Crippen molar-refractivity contribution in [1.82, 2.24) is 24.3 Å². The van der Waals surface area contributed by atoms with Crippen LogP contribution in [0.4, 0.5) is 0 Å². The number of aromatic nitrogens is 4. The predicted molar refractivity (Wildman–Crippen MR) is 109 cm³/mol. The molecule has 0 radical (unpaired) electrons. The van der Waals surface area contributed by atoms with Crippen molar-refractivity contribution in [1.29, 1.82) is 0 Å². The van der Waals surface area contributed by atoms with Crippen molar-refractivity contribution in [2.45, 2.75) is 25.6 Å². The number of morpholine rings is 1. The highest BCUT2D eigenvalue weighted by molar-refractivity contribution is 5.87. The van der Waals surface area contributed by atoms with E-state index in [-0.39, 0.29) is 12.0 Å². The van der Waals surface area contributed by atoms with E-state index in [0.29, 0.717) is 25.4 Å². The van der Waals surface area contributed by atoms with Crippen LogP contribution in [0.3, 0.4) is 0 Å². The van der Waals surface area contributed by atoms with E-state index in [1.807, 2.05) is 45.4 Å². The number of pyridine rings is 1. The highest BCUT2D eigenvalue weighted by Gasteiger charge is 2.35. The molecule has 1 amide bonds. The van der Waals surface area contributed by atoms with Crippen LogP contribution in [0.2, 0.25) is 0 Å². The van der Waals surface area contributed by atoms with Crippen LogP contribution < -0.4 is 4.74 Å². The first-order valence-corrected chi connectivity index (χ1v) is 9.53. The fourth-order valence-electron chi connectivity index (χ4n) is 3.70. The van der Waals surface area contributed by atoms with Crippen molar-refractivity contribution in [3.63, 3.8) is 0 Å². The molecule has 0 saturated carbocycles. The lowest BCUT2D eigenvalue weighted by Crippen LogP contribution is -2.55. The Morgan fingerprint density at radius 3 is 2.93 bits per heavy atom. The maximum atomic E-state index is 12.1. The van der Waals surface area contributed by atoms with Crippen LogP contribution in [0.5, 0.6) is 5.75 Å². The first-order valence-electron chi connectivity index (χ1n) is 9.53. The van der Waals surface area contributed by atoms with Crippen molar-refractivity contribution in [3.8, 4) is 16.9 Å². The Hall–Kier alpha value is -3.13. The molecule has 3 aromatic rings. The van der Waals surface area contributed by atoms with Crippen molar-refractivity contribution >= 4 is 11.4 Å². The van der Waals surface area contributed by atoms with Crippen molar-refractivity contribution in [3.05, 3.63) is 49.6 Å². The van der Waals surface area contributed by atoms with Gasteiger partial charge < -0.3 is 14.4 Å². The second-order valence-corrected chi connectivity index (χ2v) is 7.89. The van der Waals surface area contributed by atoms with Gasteiger partial charge in [-0.25, -0.2) is 4.52 Å². The Kier molecular flexibility index (Phi) is 4.87. The van der Waals surface area contributed by atoms with Gasteiger partial charge in [0.25, 0.3) is 0 Å². The molecule has 0 spiro atoms. The van der Waals surface area contributed by atoms with Crippen LogP contribution in [0.15, 0.2) is 49.6 Å². The zero-order valence-electron chi connectivity index (χ0n) is 16.9. The van der Waals surface area contributed by atoms with E-state index >= 15 is 0 Å². The number of rotatable bonds is 5. The first kappa shape index (κ1) is 19.2. The molecular weight excluding hydrogens is 370 g/mol. The van der Waals surface area contributed by atoms with Gasteiger partial charge in [-0.1, -0.05) is 6.58 Å². The number of hydrogen-bond acceptors (Lipinski definition) is 5. The second kappa shape index (κ2) is 7.36. The Labute approximate surface area is 169 Å². The molecule has 29 heavy (non-hydrogen) atoms. The normalized spacial score (nSPS) is 18.7. The summed E-state index contributed by atoms with van der Waals surface area (Å²) < 4.78 is 15.9. The summed E-state index contributed by atoms with van der Waals surface area (Å²) in [7, 11) is 1.88. The van der Waals surface area contributed by atoms with Gasteiger partial charge >= 0.3 is 0 Å². The number of carbonyl (C=O) groups is 1. The summed E-state index contributed by atoms with van der Waals surface area (Å²) in [4.78, 5) is 13.9. The monoisotopic (exact) mass is 395 g/mol. The van der Waals surface area contributed by atoms with Crippen LogP contribution >= 0.6 is 0 Å². The summed E-state index contributed by atoms with van der Waals surface area (Å²) in [6.07, 6.45) is 8.53. The fraction of sp³-hybridized carbons (Fsp3) is 0.381. The summed E-state index contributed by atoms with van der Waals surface area (Å²) in [5, 5.41) is 8.59. The Balaban J connectivity index is 1.57. The van der Waals surface area contributed by atoms with Crippen LogP contribution in [-0.2, 0) is 16.6 Å². The SMILES string of the molecule is C=CC(=O)N1CC(COc2cc(-c3cnn(C)c3)cn3nccc23)OC(C)(C)C1. The zero-order chi connectivity index (χ0) is 20.6. The lowest BCUT2D eigenvalue weighted by Gasteiger charge is -2.42. The Bertz CT molecular complexity index is 1050. The topological polar surface area (TPSA) is 73.9 Å². The highest BCUT2D eigenvalue weighted by atomic mass is 16.6. The molecule has 1 saturated heterocycles. The molecule has 0 aliphatic carbocycles. The molecule has 3 aromatic heterocycles. The second-order valence-electron chi connectivity index (χ2n) is 7.89. The number of hydrogen-bond donors (Lipinski definition) is 0. The molecule has 1 aliphatic rings. The first-order chi connectivity index (χ1) is 13.8. The van der Waals surface area contributed by atoms with Gasteiger partial charge in [0.1, 0.15) is 24.0 Å². The number of aryl methyl sites for hydroxylation is 1. The lowest BCUT2D eigenvalue weighted by atomic mass is 10.1. The molecule has 1 aliphatic heterocycles. The average molecular weight is 395 g/mol. The molecule has 8 heteroatoms. The van der Waals surface area contributed by atoms with E-state index in [4.69, 9.17) is 9.47 Å². The summed E-state index contributed by atoms with van der Waals surface area (Å²) in [5.41, 5.74) is 2.35. The standard InChI is InChI=1S/C21H25N5O3/c1-5-20(27)25-12-17(29-21(2,3)14-25)13-28-19-8-15(16-9-23-24(4)10-16)11-26-18(19)6-7-22-26/h5-11,17H,1,12-14H2,2-4H3. The molecule has 8 nitrogen and oxygen atoms in total. The average Bonchev–Trinajstić information content (AvgIpc) is 3.32. The minimum absolute atomic E-state index is 0.0943. The van der Waals surface area contributed by atoms with Crippen molar-refractivity contribution in [2.75, 3.05) is 19.7 Å². The van der Waals surface area contributed by atoms with Gasteiger partial charge in [0.15, 0.2) is 0 Å². The Morgan fingerprint density at radius 1 is 1.38 bits per heavy atom. The third-order valence-electron chi connectivity index (χ3n) is 4.90. The summed E-state index contributed by atoms with van der Waals surface area (Å²) >= 11 is 0. The summed E-state index contributed by atoms with van der Waals surface area (Å²) in [6.45, 7) is 8.85. The van der Waals surface area contributed by atoms with Gasteiger partial charge in [0.2, 0.25) is 5.91 Å². The molecule has 0 aromatic carbocycles. The van der Waals surface area contributed by atoms with E-state index in [1.165, 1.54) is 6.08 Å². The largest absolute Gasteiger partial charge is 0.489 e. The zero-order valence-corrected chi connectivity index (χ0v) is 16.9. The molecule has 1 unspecified atom stereocenters. The van der Waals surface area contributed by atoms with Gasteiger partial charge in [0.05, 0.1) is 24.5 Å². The molecule has 0 N–H and O–H groups in total. The van der Waals surface area contributed by atoms with E-state index < -0.39 is 5.60 Å². The minimum atomic E-state index is -0.450.